The normalized spacial score (nSPS) is 16.5. The number of pyridine rings is 2. The highest BCUT2D eigenvalue weighted by molar-refractivity contribution is 5.97. The molecule has 186 valence electrons. The zero-order valence-corrected chi connectivity index (χ0v) is 20.5. The maximum absolute atomic E-state index is 12.2. The number of hydrogen-bond acceptors (Lipinski definition) is 7. The van der Waals surface area contributed by atoms with Crippen LogP contribution in [0.1, 0.15) is 12.8 Å². The molecule has 1 saturated heterocycles. The van der Waals surface area contributed by atoms with Crippen LogP contribution < -0.4 is 10.2 Å². The predicted molar refractivity (Wildman–Crippen MR) is 143 cm³/mol. The molecule has 7 rings (SSSR count). The molecule has 0 atom stereocenters. The number of aromatic nitrogens is 6. The molecule has 10 nitrogen and oxygen atoms in total. The Bertz CT molecular complexity index is 1630. The first-order chi connectivity index (χ1) is 18.1. The van der Waals surface area contributed by atoms with Crippen molar-refractivity contribution in [3.8, 4) is 22.6 Å². The summed E-state index contributed by atoms with van der Waals surface area (Å²) in [6, 6.07) is 10.1. The smallest absolute Gasteiger partial charge is 0.227 e. The van der Waals surface area contributed by atoms with E-state index in [4.69, 9.17) is 4.98 Å². The van der Waals surface area contributed by atoms with Crippen LogP contribution in [0.5, 0.6) is 0 Å². The summed E-state index contributed by atoms with van der Waals surface area (Å²) >= 11 is 0. The molecule has 0 radical (unpaired) electrons. The van der Waals surface area contributed by atoms with Crippen molar-refractivity contribution < 1.29 is 4.79 Å². The first kappa shape index (κ1) is 21.9. The number of amides is 1. The second kappa shape index (κ2) is 8.67. The monoisotopic (exact) mass is 493 g/mol. The minimum atomic E-state index is 0.0703. The van der Waals surface area contributed by atoms with Crippen LogP contribution in [0.4, 0.5) is 11.4 Å². The topological polar surface area (TPSA) is 119 Å². The summed E-state index contributed by atoms with van der Waals surface area (Å²) in [7, 11) is 2.15. The fraction of sp³-hybridized carbons (Fsp3) is 0.296. The molecule has 5 heterocycles. The van der Waals surface area contributed by atoms with Gasteiger partial charge in [-0.1, -0.05) is 6.07 Å². The van der Waals surface area contributed by atoms with Gasteiger partial charge < -0.3 is 20.1 Å². The van der Waals surface area contributed by atoms with Gasteiger partial charge in [0.1, 0.15) is 11.2 Å². The average molecular weight is 494 g/mol. The van der Waals surface area contributed by atoms with E-state index >= 15 is 0 Å². The second-order valence-electron chi connectivity index (χ2n) is 9.96. The van der Waals surface area contributed by atoms with E-state index in [0.717, 1.165) is 77.9 Å². The number of benzene rings is 1. The van der Waals surface area contributed by atoms with Crippen molar-refractivity contribution >= 4 is 39.3 Å². The first-order valence-corrected chi connectivity index (χ1v) is 12.7. The van der Waals surface area contributed by atoms with E-state index in [1.165, 1.54) is 0 Å². The van der Waals surface area contributed by atoms with Crippen molar-refractivity contribution in [2.45, 2.75) is 12.8 Å². The number of nitrogens with zero attached hydrogens (tertiary/aromatic N) is 6. The van der Waals surface area contributed by atoms with Gasteiger partial charge in [-0.3, -0.25) is 14.9 Å². The van der Waals surface area contributed by atoms with Crippen molar-refractivity contribution in [2.75, 3.05) is 43.4 Å². The van der Waals surface area contributed by atoms with Gasteiger partial charge in [-0.25, -0.2) is 9.97 Å². The molecule has 2 aliphatic rings. The second-order valence-corrected chi connectivity index (χ2v) is 9.96. The number of imidazole rings is 1. The number of carbonyl (C=O) groups excluding carboxylic acids is 1. The minimum Gasteiger partial charge on any atom is -0.367 e. The lowest BCUT2D eigenvalue weighted by Crippen LogP contribution is -2.44. The Hall–Kier alpha value is -4.31. The lowest BCUT2D eigenvalue weighted by Gasteiger charge is -2.34. The molecule has 1 saturated carbocycles. The van der Waals surface area contributed by atoms with E-state index in [2.05, 4.69) is 59.4 Å². The maximum atomic E-state index is 12.2. The van der Waals surface area contributed by atoms with Crippen molar-refractivity contribution in [1.29, 1.82) is 0 Å². The molecule has 1 aliphatic carbocycles. The van der Waals surface area contributed by atoms with Crippen LogP contribution in [-0.2, 0) is 4.79 Å². The molecule has 2 fully saturated rings. The number of hydrogen-bond donors (Lipinski definition) is 3. The largest absolute Gasteiger partial charge is 0.367 e. The molecule has 0 unspecified atom stereocenters. The first-order valence-electron chi connectivity index (χ1n) is 12.7. The Morgan fingerprint density at radius 1 is 1.05 bits per heavy atom. The molecule has 1 amide bonds. The number of rotatable bonds is 5. The third-order valence-electron chi connectivity index (χ3n) is 7.29. The van der Waals surface area contributed by atoms with Gasteiger partial charge in [-0.05, 0) is 49.7 Å². The number of H-pyrrole nitrogens is 2. The van der Waals surface area contributed by atoms with E-state index in [-0.39, 0.29) is 11.8 Å². The summed E-state index contributed by atoms with van der Waals surface area (Å²) in [6.45, 7) is 3.98. The van der Waals surface area contributed by atoms with Crippen LogP contribution in [0.3, 0.4) is 0 Å². The third kappa shape index (κ3) is 4.09. The van der Waals surface area contributed by atoms with Crippen molar-refractivity contribution in [3.63, 3.8) is 0 Å². The Morgan fingerprint density at radius 3 is 2.76 bits per heavy atom. The Kier molecular flexibility index (Phi) is 5.14. The number of piperazine rings is 1. The third-order valence-corrected chi connectivity index (χ3v) is 7.29. The Morgan fingerprint density at radius 2 is 1.92 bits per heavy atom. The standard InChI is InChI=1S/C27H27N9O/c1-35-8-10-36(11-9-35)22-6-7-29-25-24(22)31-26(32-25)23-20-13-17(4-5-21(20)33-34-23)18-12-19(15-28-14-18)30-27(37)16-2-3-16/h4-7,12-16H,2-3,8-11H2,1H3,(H,30,37)(H,33,34)(H,29,31,32). The summed E-state index contributed by atoms with van der Waals surface area (Å²) in [4.78, 5) is 34.1. The Labute approximate surface area is 213 Å². The highest BCUT2D eigenvalue weighted by Gasteiger charge is 2.29. The minimum absolute atomic E-state index is 0.0703. The summed E-state index contributed by atoms with van der Waals surface area (Å²) in [5.41, 5.74) is 7.00. The Balaban J connectivity index is 1.24. The number of anilines is 2. The van der Waals surface area contributed by atoms with Gasteiger partial charge in [0.05, 0.1) is 23.1 Å². The lowest BCUT2D eigenvalue weighted by atomic mass is 10.0. The van der Waals surface area contributed by atoms with Crippen LogP contribution in [0.15, 0.2) is 48.9 Å². The van der Waals surface area contributed by atoms with Crippen LogP contribution in [0, 0.1) is 5.92 Å². The number of carbonyl (C=O) groups is 1. The quantitative estimate of drug-likeness (QED) is 0.342. The van der Waals surface area contributed by atoms with Gasteiger partial charge in [0.25, 0.3) is 0 Å². The van der Waals surface area contributed by atoms with E-state index in [0.29, 0.717) is 17.2 Å². The molecule has 4 aromatic heterocycles. The van der Waals surface area contributed by atoms with Crippen molar-refractivity contribution in [1.82, 2.24) is 35.0 Å². The zero-order chi connectivity index (χ0) is 24.9. The molecule has 10 heteroatoms. The van der Waals surface area contributed by atoms with Gasteiger partial charge in [0.2, 0.25) is 5.91 Å². The van der Waals surface area contributed by atoms with Crippen LogP contribution in [0.2, 0.25) is 0 Å². The van der Waals surface area contributed by atoms with Crippen LogP contribution >= 0.6 is 0 Å². The molecule has 3 N–H and O–H groups in total. The van der Waals surface area contributed by atoms with Gasteiger partial charge >= 0.3 is 0 Å². The van der Waals surface area contributed by atoms with E-state index < -0.39 is 0 Å². The van der Waals surface area contributed by atoms with Crippen molar-refractivity contribution in [2.24, 2.45) is 5.92 Å². The fourth-order valence-electron chi connectivity index (χ4n) is 4.95. The SMILES string of the molecule is CN1CCN(c2ccnc3nc(-c4n[nH]c5ccc(-c6cncc(NC(=O)C7CC7)c6)cc45)[nH]c23)CC1. The number of likely N-dealkylation sites (N-methyl/N-ethyl adjacent to an activating group) is 1. The highest BCUT2D eigenvalue weighted by atomic mass is 16.2. The average Bonchev–Trinajstić information content (AvgIpc) is 3.55. The van der Waals surface area contributed by atoms with Crippen LogP contribution in [0.25, 0.3) is 44.7 Å². The molecule has 1 aromatic carbocycles. The lowest BCUT2D eigenvalue weighted by molar-refractivity contribution is -0.117. The highest BCUT2D eigenvalue weighted by Crippen LogP contribution is 2.33. The summed E-state index contributed by atoms with van der Waals surface area (Å²) < 4.78 is 0. The van der Waals surface area contributed by atoms with E-state index in [1.54, 1.807) is 12.4 Å². The number of fused-ring (bicyclic) bond motifs is 2. The molecule has 37 heavy (non-hydrogen) atoms. The summed E-state index contributed by atoms with van der Waals surface area (Å²) in [6.07, 6.45) is 7.25. The van der Waals surface area contributed by atoms with E-state index in [9.17, 15) is 4.79 Å². The van der Waals surface area contributed by atoms with Gasteiger partial charge in [-0.2, -0.15) is 5.10 Å². The van der Waals surface area contributed by atoms with Gasteiger partial charge in [0.15, 0.2) is 11.5 Å². The number of nitrogens with one attached hydrogen (secondary N) is 3. The molecule has 5 aromatic rings. The molecular weight excluding hydrogens is 466 g/mol. The predicted octanol–water partition coefficient (Wildman–Crippen LogP) is 3.66. The zero-order valence-electron chi connectivity index (χ0n) is 20.5. The summed E-state index contributed by atoms with van der Waals surface area (Å²) in [5, 5.41) is 11.7. The molecule has 0 bridgehead atoms. The van der Waals surface area contributed by atoms with Crippen molar-refractivity contribution in [3.05, 3.63) is 48.9 Å². The maximum Gasteiger partial charge on any atom is 0.227 e. The van der Waals surface area contributed by atoms with Crippen LogP contribution in [-0.4, -0.2) is 74.2 Å². The van der Waals surface area contributed by atoms with Gasteiger partial charge in [0, 0.05) is 55.4 Å². The molecular formula is C27H27N9O. The van der Waals surface area contributed by atoms with Gasteiger partial charge in [-0.15, -0.1) is 0 Å². The van der Waals surface area contributed by atoms with E-state index in [1.807, 2.05) is 24.4 Å². The molecule has 1 aliphatic heterocycles. The number of aromatic amines is 2. The molecule has 0 spiro atoms. The summed E-state index contributed by atoms with van der Waals surface area (Å²) in [5.74, 6) is 0.889. The fourth-order valence-corrected chi connectivity index (χ4v) is 4.95.